The van der Waals surface area contributed by atoms with Crippen LogP contribution in [0.15, 0.2) is 126 Å². The summed E-state index contributed by atoms with van der Waals surface area (Å²) >= 11 is 0. The van der Waals surface area contributed by atoms with Gasteiger partial charge in [-0.15, -0.1) is 0 Å². The predicted octanol–water partition coefficient (Wildman–Crippen LogP) is 6.06. The first kappa shape index (κ1) is 40.6. The molecule has 0 saturated heterocycles. The molecule has 1 amide bonds. The summed E-state index contributed by atoms with van der Waals surface area (Å²) in [6.07, 6.45) is -7.74. The number of benzene rings is 4. The van der Waals surface area contributed by atoms with Crippen molar-refractivity contribution < 1.29 is 53.1 Å². The van der Waals surface area contributed by atoms with Crippen LogP contribution in [0.1, 0.15) is 96.7 Å². The van der Waals surface area contributed by atoms with Crippen molar-refractivity contribution in [2.75, 3.05) is 0 Å². The first-order valence-electron chi connectivity index (χ1n) is 18.6. The maximum atomic E-state index is 14.2. The largest absolute Gasteiger partial charge is 0.456 e. The molecule has 0 saturated carbocycles. The molecule has 0 fully saturated rings. The topological polar surface area (TPSA) is 175 Å². The van der Waals surface area contributed by atoms with E-state index in [0.29, 0.717) is 22.3 Å². The van der Waals surface area contributed by atoms with Crippen LogP contribution in [-0.2, 0) is 33.3 Å². The number of aliphatic hydroxyl groups is 2. The maximum Gasteiger partial charge on any atom is 0.338 e. The van der Waals surface area contributed by atoms with E-state index < -0.39 is 77.4 Å². The number of rotatable bonds is 10. The van der Waals surface area contributed by atoms with E-state index >= 15 is 0 Å². The van der Waals surface area contributed by atoms with Crippen LogP contribution in [0.2, 0.25) is 0 Å². The van der Waals surface area contributed by atoms with Gasteiger partial charge in [-0.3, -0.25) is 14.4 Å². The molecule has 4 aromatic carbocycles. The normalized spacial score (nSPS) is 23.3. The molecule has 4 aromatic rings. The minimum Gasteiger partial charge on any atom is -0.456 e. The fraction of sp³-hybridized carbons (Fsp3) is 0.311. The molecule has 3 N–H and O–H groups in total. The number of fused-ring (bicyclic) bond motifs is 3. The van der Waals surface area contributed by atoms with E-state index in [0.717, 1.165) is 0 Å². The molecule has 0 aliphatic heterocycles. The molecule has 2 aliphatic carbocycles. The molecular formula is C45H45NO11. The average Bonchev–Trinajstić information content (AvgIpc) is 3.20. The van der Waals surface area contributed by atoms with Gasteiger partial charge in [0.25, 0.3) is 5.91 Å². The van der Waals surface area contributed by atoms with Crippen LogP contribution in [0.3, 0.4) is 0 Å². The van der Waals surface area contributed by atoms with E-state index in [4.69, 9.17) is 18.9 Å². The van der Waals surface area contributed by atoms with Gasteiger partial charge in [0.1, 0.15) is 11.7 Å². The van der Waals surface area contributed by atoms with Crippen LogP contribution in [-0.4, -0.2) is 63.9 Å². The first-order chi connectivity index (χ1) is 27.1. The summed E-state index contributed by atoms with van der Waals surface area (Å²) in [6.45, 7) is 7.39. The van der Waals surface area contributed by atoms with Crippen molar-refractivity contribution in [1.29, 1.82) is 0 Å². The summed E-state index contributed by atoms with van der Waals surface area (Å²) in [5.41, 5.74) is -1.45. The number of aliphatic hydroxyl groups excluding tert-OH is 1. The number of carbonyl (C=O) groups excluding carboxylic acids is 5. The number of hydrogen-bond donors (Lipinski definition) is 3. The Bertz CT molecular complexity index is 2170. The summed E-state index contributed by atoms with van der Waals surface area (Å²) in [6, 6.07) is 30.2. The quantitative estimate of drug-likeness (QED) is 0.0971. The van der Waals surface area contributed by atoms with E-state index in [1.807, 2.05) is 0 Å². The van der Waals surface area contributed by atoms with Crippen molar-refractivity contribution in [2.45, 2.75) is 83.2 Å². The van der Waals surface area contributed by atoms with Crippen molar-refractivity contribution in [3.8, 4) is 0 Å². The Morgan fingerprint density at radius 2 is 1.19 bits per heavy atom. The predicted molar refractivity (Wildman–Crippen MR) is 206 cm³/mol. The summed E-state index contributed by atoms with van der Waals surface area (Å²) in [7, 11) is 0. The smallest absolute Gasteiger partial charge is 0.338 e. The molecule has 57 heavy (non-hydrogen) atoms. The minimum atomic E-state index is -2.10. The third-order valence-electron chi connectivity index (χ3n) is 10.9. The van der Waals surface area contributed by atoms with Crippen LogP contribution in [0, 0.1) is 5.41 Å². The summed E-state index contributed by atoms with van der Waals surface area (Å²) in [5, 5.41) is 27.7. The highest BCUT2D eigenvalue weighted by Crippen LogP contribution is 2.59. The molecule has 7 atom stereocenters. The highest BCUT2D eigenvalue weighted by molar-refractivity contribution is 5.95. The van der Waals surface area contributed by atoms with E-state index in [1.165, 1.54) is 13.8 Å². The highest BCUT2D eigenvalue weighted by atomic mass is 16.6. The average molecular weight is 776 g/mol. The second-order valence-electron chi connectivity index (χ2n) is 14.8. The number of hydrogen-bond acceptors (Lipinski definition) is 11. The fourth-order valence-electron chi connectivity index (χ4n) is 7.99. The molecule has 12 heteroatoms. The van der Waals surface area contributed by atoms with Gasteiger partial charge in [0.05, 0.1) is 11.6 Å². The van der Waals surface area contributed by atoms with Crippen molar-refractivity contribution in [1.82, 2.24) is 5.32 Å². The second kappa shape index (κ2) is 16.5. The van der Waals surface area contributed by atoms with Crippen molar-refractivity contribution in [3.05, 3.63) is 154 Å². The maximum absolute atomic E-state index is 14.2. The van der Waals surface area contributed by atoms with Gasteiger partial charge in [-0.1, -0.05) is 105 Å². The van der Waals surface area contributed by atoms with Gasteiger partial charge >= 0.3 is 23.9 Å². The lowest BCUT2D eigenvalue weighted by Crippen LogP contribution is -2.61. The summed E-state index contributed by atoms with van der Waals surface area (Å²) in [5.74, 6) is -3.89. The lowest BCUT2D eigenvalue weighted by atomic mass is 9.55. The molecule has 6 rings (SSSR count). The minimum absolute atomic E-state index is 0.200. The molecule has 2 bridgehead atoms. The molecule has 0 heterocycles. The van der Waals surface area contributed by atoms with Crippen LogP contribution in [0.4, 0.5) is 0 Å². The molecule has 0 aromatic heterocycles. The summed E-state index contributed by atoms with van der Waals surface area (Å²) < 4.78 is 24.2. The Morgan fingerprint density at radius 1 is 0.684 bits per heavy atom. The summed E-state index contributed by atoms with van der Waals surface area (Å²) in [4.78, 5) is 67.0. The number of nitrogens with one attached hydrogen (secondary N) is 1. The fourth-order valence-corrected chi connectivity index (χ4v) is 7.99. The van der Waals surface area contributed by atoms with Crippen LogP contribution in [0.5, 0.6) is 0 Å². The zero-order valence-corrected chi connectivity index (χ0v) is 32.2. The van der Waals surface area contributed by atoms with E-state index in [-0.39, 0.29) is 23.1 Å². The van der Waals surface area contributed by atoms with E-state index in [1.54, 1.807) is 136 Å². The first-order valence-corrected chi connectivity index (χ1v) is 18.6. The zero-order valence-electron chi connectivity index (χ0n) is 32.2. The Morgan fingerprint density at radius 3 is 1.77 bits per heavy atom. The molecule has 12 nitrogen and oxygen atoms in total. The van der Waals surface area contributed by atoms with Crippen molar-refractivity contribution in [3.63, 3.8) is 0 Å². The van der Waals surface area contributed by atoms with Crippen molar-refractivity contribution >= 4 is 29.8 Å². The van der Waals surface area contributed by atoms with Crippen LogP contribution >= 0.6 is 0 Å². The molecule has 0 spiro atoms. The Balaban J connectivity index is 1.48. The highest BCUT2D eigenvalue weighted by Gasteiger charge is 2.63. The van der Waals surface area contributed by atoms with Crippen LogP contribution < -0.4 is 5.32 Å². The Hall–Kier alpha value is -6.11. The van der Waals surface area contributed by atoms with Gasteiger partial charge in [0.15, 0.2) is 24.4 Å². The van der Waals surface area contributed by atoms with Gasteiger partial charge < -0.3 is 34.5 Å². The SMILES string of the molecule is CC(=O)O[C@H]1C2=C(C)[C@H](OC(=O)[C@H](O)[C@@H](NC(=O)c3ccccc3)c3ccccc3)C[C@](O)([C@H](OC(=O)c3ccccc3)c3ccccc3[C@@H]1OC(C)=O)C2(C)C. The second-order valence-corrected chi connectivity index (χ2v) is 14.8. The molecule has 0 radical (unpaired) electrons. The third kappa shape index (κ3) is 8.09. The number of amides is 1. The zero-order chi connectivity index (χ0) is 41.1. The molecule has 296 valence electrons. The Kier molecular flexibility index (Phi) is 11.8. The van der Waals surface area contributed by atoms with Gasteiger partial charge in [0, 0.05) is 42.4 Å². The molecule has 2 aliphatic rings. The van der Waals surface area contributed by atoms with E-state index in [9.17, 15) is 34.2 Å². The molecular weight excluding hydrogens is 730 g/mol. The molecule has 0 unspecified atom stereocenters. The van der Waals surface area contributed by atoms with Gasteiger partial charge in [-0.05, 0) is 47.9 Å². The number of esters is 4. The number of carbonyl (C=O) groups is 5. The number of ether oxygens (including phenoxy) is 4. The van der Waals surface area contributed by atoms with E-state index in [2.05, 4.69) is 5.32 Å². The Labute approximate surface area is 330 Å². The van der Waals surface area contributed by atoms with Crippen LogP contribution in [0.25, 0.3) is 0 Å². The lowest BCUT2D eigenvalue weighted by molar-refractivity contribution is -0.194. The van der Waals surface area contributed by atoms with Gasteiger partial charge in [-0.2, -0.15) is 0 Å². The third-order valence-corrected chi connectivity index (χ3v) is 10.9. The van der Waals surface area contributed by atoms with Crippen molar-refractivity contribution in [2.24, 2.45) is 5.41 Å². The van der Waals surface area contributed by atoms with Gasteiger partial charge in [0.2, 0.25) is 0 Å². The van der Waals surface area contributed by atoms with Gasteiger partial charge in [-0.25, -0.2) is 9.59 Å². The lowest BCUT2D eigenvalue weighted by Gasteiger charge is -2.56. The monoisotopic (exact) mass is 775 g/mol. The standard InChI is InChI=1S/C45H45NO11/c1-26-34(56-43(52)37(49)36(29-17-9-6-10-18-29)46-41(50)30-19-11-7-12-20-30)25-45(53)40(57-42(51)31-21-13-8-14-22-31)33-24-16-15-23-32(33)38(54-27(2)47)39(55-28(3)48)35(26)44(45,4)5/h6-24,34,36-40,49,53H,25H2,1-5H3,(H,46,50)/t34-,36+,37-,38+,39+,40-,45+/m1/s1.